The van der Waals surface area contributed by atoms with E-state index in [1.807, 2.05) is 0 Å². The highest BCUT2D eigenvalue weighted by atomic mass is 16.2. The molecule has 0 aliphatic carbocycles. The van der Waals surface area contributed by atoms with Gasteiger partial charge in [0.05, 0.1) is 26.3 Å². The van der Waals surface area contributed by atoms with Gasteiger partial charge in [-0.2, -0.15) is 0 Å². The van der Waals surface area contributed by atoms with Gasteiger partial charge in [-0.05, 0) is 21.0 Å². The van der Waals surface area contributed by atoms with E-state index >= 15 is 0 Å². The van der Waals surface area contributed by atoms with Crippen LogP contribution in [0.15, 0.2) is 0 Å². The van der Waals surface area contributed by atoms with Crippen LogP contribution in [0, 0.1) is 0 Å². The van der Waals surface area contributed by atoms with E-state index in [1.165, 1.54) is 11.8 Å². The summed E-state index contributed by atoms with van der Waals surface area (Å²) in [6.45, 7) is 1.12. The monoisotopic (exact) mass is 301 g/mol. The molecule has 0 saturated heterocycles. The van der Waals surface area contributed by atoms with Crippen LogP contribution in [0.5, 0.6) is 0 Å². The molecule has 120 valence electrons. The van der Waals surface area contributed by atoms with E-state index < -0.39 is 5.91 Å². The average Bonchev–Trinajstić information content (AvgIpc) is 2.41. The summed E-state index contributed by atoms with van der Waals surface area (Å²) < 4.78 is 0. The van der Waals surface area contributed by atoms with Crippen LogP contribution in [0.25, 0.3) is 0 Å². The lowest BCUT2D eigenvalue weighted by atomic mass is 10.4. The van der Waals surface area contributed by atoms with Gasteiger partial charge in [0.1, 0.15) is 12.3 Å². The van der Waals surface area contributed by atoms with Crippen molar-refractivity contribution in [3.8, 4) is 0 Å². The smallest absolute Gasteiger partial charge is 0.240 e. The van der Waals surface area contributed by atoms with Crippen molar-refractivity contribution in [2.24, 2.45) is 0 Å². The van der Waals surface area contributed by atoms with Crippen molar-refractivity contribution in [3.05, 3.63) is 0 Å². The minimum absolute atomic E-state index is 0.0435. The third kappa shape index (κ3) is 9.52. The fourth-order valence-corrected chi connectivity index (χ4v) is 1.35. The molecule has 0 saturated carbocycles. The van der Waals surface area contributed by atoms with E-state index in [0.29, 0.717) is 0 Å². The Labute approximate surface area is 123 Å². The molecule has 9 nitrogen and oxygen atoms in total. The molecule has 0 spiro atoms. The summed E-state index contributed by atoms with van der Waals surface area (Å²) in [6.07, 6.45) is 0. The number of rotatable bonds is 10. The van der Waals surface area contributed by atoms with Crippen LogP contribution in [0.2, 0.25) is 0 Å². The number of amides is 3. The summed E-state index contributed by atoms with van der Waals surface area (Å²) in [5, 5.41) is 10.3. The number of Topliss-reactive ketones (excluding diaryl/α,β-unsaturated/α-hetero) is 1. The zero-order chi connectivity index (χ0) is 16.3. The minimum Gasteiger partial charge on any atom is -0.347 e. The van der Waals surface area contributed by atoms with Gasteiger partial charge in [0.2, 0.25) is 17.7 Å². The van der Waals surface area contributed by atoms with Crippen molar-refractivity contribution in [1.82, 2.24) is 26.2 Å². The topological polar surface area (TPSA) is 120 Å². The quantitative estimate of drug-likeness (QED) is 0.320. The summed E-state index contributed by atoms with van der Waals surface area (Å²) in [6, 6.07) is 0. The maximum atomic E-state index is 11.8. The first kappa shape index (κ1) is 19.0. The lowest BCUT2D eigenvalue weighted by Gasteiger charge is -2.22. The van der Waals surface area contributed by atoms with E-state index in [4.69, 9.17) is 0 Å². The molecular weight excluding hydrogens is 278 g/mol. The molecule has 0 unspecified atom stereocenters. The largest absolute Gasteiger partial charge is 0.347 e. The van der Waals surface area contributed by atoms with Crippen LogP contribution in [-0.4, -0.2) is 75.3 Å². The molecule has 0 atom stereocenters. The summed E-state index contributed by atoms with van der Waals surface area (Å²) in [7, 11) is 3.23. The van der Waals surface area contributed by atoms with Gasteiger partial charge in [0, 0.05) is 0 Å². The van der Waals surface area contributed by atoms with Crippen molar-refractivity contribution < 1.29 is 19.2 Å². The van der Waals surface area contributed by atoms with Gasteiger partial charge >= 0.3 is 0 Å². The van der Waals surface area contributed by atoms with Crippen LogP contribution in [-0.2, 0) is 19.2 Å². The molecule has 0 aliphatic heterocycles. The van der Waals surface area contributed by atoms with Gasteiger partial charge in [-0.25, -0.2) is 0 Å². The number of ketones is 1. The fraction of sp³-hybridized carbons (Fsp3) is 0.667. The number of hydrogen-bond acceptors (Lipinski definition) is 6. The number of carbonyl (C=O) groups is 4. The molecule has 0 aliphatic rings. The molecule has 21 heavy (non-hydrogen) atoms. The number of carbonyl (C=O) groups excluding carboxylic acids is 4. The molecule has 0 radical (unpaired) electrons. The Balaban J connectivity index is 4.44. The SMILES string of the molecule is CNCC(=O)NCN(CC(=O)NCC(C)=O)C(=O)CNC. The van der Waals surface area contributed by atoms with Gasteiger partial charge in [-0.1, -0.05) is 0 Å². The lowest BCUT2D eigenvalue weighted by Crippen LogP contribution is -2.50. The third-order valence-corrected chi connectivity index (χ3v) is 2.35. The van der Waals surface area contributed by atoms with E-state index in [9.17, 15) is 19.2 Å². The molecule has 0 heterocycles. The molecule has 0 rings (SSSR count). The van der Waals surface area contributed by atoms with Gasteiger partial charge in [-0.15, -0.1) is 0 Å². The van der Waals surface area contributed by atoms with Crippen LogP contribution >= 0.6 is 0 Å². The van der Waals surface area contributed by atoms with Crippen LogP contribution in [0.3, 0.4) is 0 Å². The predicted octanol–water partition coefficient (Wildman–Crippen LogP) is -2.97. The lowest BCUT2D eigenvalue weighted by molar-refractivity contribution is -0.136. The molecule has 4 N–H and O–H groups in total. The highest BCUT2D eigenvalue weighted by Gasteiger charge is 2.17. The standard InChI is InChI=1S/C12H23N5O4/c1-9(18)4-15-11(20)7-17(12(21)6-14-3)8-16-10(19)5-13-2/h13-14H,4-8H2,1-3H3,(H,15,20)(H,16,19). The highest BCUT2D eigenvalue weighted by molar-refractivity contribution is 5.88. The maximum Gasteiger partial charge on any atom is 0.240 e. The summed E-state index contributed by atoms with van der Waals surface area (Å²) in [4.78, 5) is 46.8. The van der Waals surface area contributed by atoms with Crippen molar-refractivity contribution in [3.63, 3.8) is 0 Å². The van der Waals surface area contributed by atoms with E-state index in [0.717, 1.165) is 0 Å². The second-order valence-electron chi connectivity index (χ2n) is 4.39. The second kappa shape index (κ2) is 10.7. The third-order valence-electron chi connectivity index (χ3n) is 2.35. The molecule has 0 aromatic rings. The Morgan fingerprint density at radius 3 is 2.00 bits per heavy atom. The summed E-state index contributed by atoms with van der Waals surface area (Å²) >= 11 is 0. The van der Waals surface area contributed by atoms with Gasteiger partial charge in [0.15, 0.2) is 0 Å². The Kier molecular flexibility index (Phi) is 9.72. The Hall–Kier alpha value is -2.00. The van der Waals surface area contributed by atoms with Crippen LogP contribution < -0.4 is 21.3 Å². The number of likely N-dealkylation sites (N-methyl/N-ethyl adjacent to an activating group) is 2. The highest BCUT2D eigenvalue weighted by Crippen LogP contribution is 1.88. The first-order valence-electron chi connectivity index (χ1n) is 6.50. The summed E-state index contributed by atoms with van der Waals surface area (Å²) in [5.74, 6) is -1.26. The zero-order valence-corrected chi connectivity index (χ0v) is 12.6. The average molecular weight is 301 g/mol. The Morgan fingerprint density at radius 1 is 0.857 bits per heavy atom. The second-order valence-corrected chi connectivity index (χ2v) is 4.39. The van der Waals surface area contributed by atoms with Crippen molar-refractivity contribution in [1.29, 1.82) is 0 Å². The summed E-state index contributed by atoms with van der Waals surface area (Å²) in [5.41, 5.74) is 0. The number of nitrogens with one attached hydrogen (secondary N) is 4. The van der Waals surface area contributed by atoms with E-state index in [-0.39, 0.29) is 50.4 Å². The number of nitrogens with zero attached hydrogens (tertiary/aromatic N) is 1. The maximum absolute atomic E-state index is 11.8. The van der Waals surface area contributed by atoms with E-state index in [1.54, 1.807) is 14.1 Å². The van der Waals surface area contributed by atoms with Crippen molar-refractivity contribution in [2.75, 3.05) is 46.9 Å². The van der Waals surface area contributed by atoms with Crippen LogP contribution in [0.1, 0.15) is 6.92 Å². The molecule has 0 aromatic heterocycles. The normalized spacial score (nSPS) is 9.86. The molecule has 9 heteroatoms. The molecule has 3 amide bonds. The van der Waals surface area contributed by atoms with Gasteiger partial charge < -0.3 is 26.2 Å². The van der Waals surface area contributed by atoms with Gasteiger partial charge in [0.25, 0.3) is 0 Å². The Morgan fingerprint density at radius 2 is 1.48 bits per heavy atom. The molecule has 0 aromatic carbocycles. The number of hydrogen-bond donors (Lipinski definition) is 4. The molecule has 0 bridgehead atoms. The first-order valence-corrected chi connectivity index (χ1v) is 6.50. The molecule has 0 fully saturated rings. The predicted molar refractivity (Wildman–Crippen MR) is 76.3 cm³/mol. The van der Waals surface area contributed by atoms with Crippen molar-refractivity contribution >= 4 is 23.5 Å². The van der Waals surface area contributed by atoms with Crippen LogP contribution in [0.4, 0.5) is 0 Å². The first-order chi connectivity index (χ1) is 9.90. The minimum atomic E-state index is -0.461. The molecular formula is C12H23N5O4. The van der Waals surface area contributed by atoms with E-state index in [2.05, 4.69) is 21.3 Å². The fourth-order valence-electron chi connectivity index (χ4n) is 1.35. The zero-order valence-electron chi connectivity index (χ0n) is 12.6. The van der Waals surface area contributed by atoms with Gasteiger partial charge in [-0.3, -0.25) is 19.2 Å². The van der Waals surface area contributed by atoms with Crippen molar-refractivity contribution in [2.45, 2.75) is 6.92 Å². The Bertz CT molecular complexity index is 386.